The number of rotatable bonds is 4. The summed E-state index contributed by atoms with van der Waals surface area (Å²) < 4.78 is 0. The van der Waals surface area contributed by atoms with Crippen LogP contribution in [0.5, 0.6) is 0 Å². The lowest BCUT2D eigenvalue weighted by Gasteiger charge is -2.09. The largest absolute Gasteiger partial charge is 0.368 e. The van der Waals surface area contributed by atoms with Gasteiger partial charge in [-0.05, 0) is 12.1 Å². The first kappa shape index (κ1) is 18.6. The van der Waals surface area contributed by atoms with Crippen molar-refractivity contribution in [1.29, 1.82) is 0 Å². The molecule has 2 N–H and O–H groups in total. The summed E-state index contributed by atoms with van der Waals surface area (Å²) in [5.74, 6) is 0.207. The van der Waals surface area contributed by atoms with Gasteiger partial charge in [0.1, 0.15) is 11.2 Å². The van der Waals surface area contributed by atoms with Gasteiger partial charge >= 0.3 is 0 Å². The molecule has 0 aliphatic rings. The highest BCUT2D eigenvalue weighted by atomic mass is 16.1. The number of ketones is 1. The van der Waals surface area contributed by atoms with E-state index < -0.39 is 0 Å². The van der Waals surface area contributed by atoms with Crippen molar-refractivity contribution in [3.8, 4) is 22.5 Å². The number of nitrogen functional groups attached to an aromatic ring is 1. The monoisotopic (exact) mass is 402 g/mol. The normalized spacial score (nSPS) is 10.8. The fourth-order valence-corrected chi connectivity index (χ4v) is 3.54. The van der Waals surface area contributed by atoms with Crippen LogP contribution in [0.25, 0.3) is 33.5 Å². The lowest BCUT2D eigenvalue weighted by Crippen LogP contribution is -2.01. The van der Waals surface area contributed by atoms with Crippen LogP contribution in [0.3, 0.4) is 0 Å². The highest BCUT2D eigenvalue weighted by Crippen LogP contribution is 2.28. The van der Waals surface area contributed by atoms with Crippen LogP contribution < -0.4 is 5.73 Å². The lowest BCUT2D eigenvalue weighted by atomic mass is 10.0. The molecule has 0 fully saturated rings. The molecule has 0 saturated carbocycles. The molecule has 0 aliphatic carbocycles. The molecule has 0 spiro atoms. The average molecular weight is 402 g/mol. The van der Waals surface area contributed by atoms with Gasteiger partial charge in [-0.15, -0.1) is 0 Å². The van der Waals surface area contributed by atoms with Crippen molar-refractivity contribution in [2.24, 2.45) is 0 Å². The number of hydrogen-bond acceptors (Lipinski definition) is 5. The summed E-state index contributed by atoms with van der Waals surface area (Å²) in [5.41, 5.74) is 11.9. The number of carbonyl (C=O) groups excluding carboxylic acids is 1. The predicted molar refractivity (Wildman–Crippen MR) is 122 cm³/mol. The average Bonchev–Trinajstić information content (AvgIpc) is 2.84. The molecule has 5 rings (SSSR count). The highest BCUT2D eigenvalue weighted by Gasteiger charge is 2.13. The van der Waals surface area contributed by atoms with Crippen molar-refractivity contribution in [2.45, 2.75) is 0 Å². The molecule has 0 bridgehead atoms. The van der Waals surface area contributed by atoms with Crippen LogP contribution in [-0.2, 0) is 0 Å². The van der Waals surface area contributed by atoms with Gasteiger partial charge in [0.2, 0.25) is 5.95 Å². The Hall–Kier alpha value is -4.38. The summed E-state index contributed by atoms with van der Waals surface area (Å²) in [6.45, 7) is 0. The van der Waals surface area contributed by atoms with E-state index in [0.29, 0.717) is 27.9 Å². The van der Waals surface area contributed by atoms with Crippen molar-refractivity contribution in [3.05, 3.63) is 108 Å². The van der Waals surface area contributed by atoms with Crippen molar-refractivity contribution in [3.63, 3.8) is 0 Å². The SMILES string of the molecule is Nc1nc(-c2ccccc2)c2nc(-c3ccc(C(=O)c4ccccc4)cc3)ccc2n1. The van der Waals surface area contributed by atoms with Crippen molar-refractivity contribution < 1.29 is 4.79 Å². The molecule has 0 amide bonds. The third-order valence-electron chi connectivity index (χ3n) is 5.09. The minimum Gasteiger partial charge on any atom is -0.368 e. The van der Waals surface area contributed by atoms with Crippen molar-refractivity contribution >= 4 is 22.8 Å². The number of nitrogens with two attached hydrogens (primary N) is 1. The molecule has 0 saturated heterocycles. The summed E-state index contributed by atoms with van der Waals surface area (Å²) >= 11 is 0. The maximum absolute atomic E-state index is 12.7. The van der Waals surface area contributed by atoms with Gasteiger partial charge in [-0.25, -0.2) is 15.0 Å². The summed E-state index contributed by atoms with van der Waals surface area (Å²) in [7, 11) is 0. The zero-order chi connectivity index (χ0) is 21.2. The van der Waals surface area contributed by atoms with Gasteiger partial charge < -0.3 is 5.73 Å². The topological polar surface area (TPSA) is 81.8 Å². The Morgan fingerprint density at radius 3 is 1.97 bits per heavy atom. The fourth-order valence-electron chi connectivity index (χ4n) is 3.54. The highest BCUT2D eigenvalue weighted by molar-refractivity contribution is 6.09. The van der Waals surface area contributed by atoms with E-state index in [0.717, 1.165) is 16.8 Å². The predicted octanol–water partition coefficient (Wildman–Crippen LogP) is 5.17. The standard InChI is InChI=1S/C26H18N4O/c27-26-29-22-16-15-21(28-24(22)23(30-26)18-7-3-1-4-8-18)17-11-13-20(14-12-17)25(31)19-9-5-2-6-10-19/h1-16H,(H2,27,29,30). The van der Waals surface area contributed by atoms with E-state index >= 15 is 0 Å². The zero-order valence-corrected chi connectivity index (χ0v) is 16.6. The van der Waals surface area contributed by atoms with Crippen LogP contribution in [-0.4, -0.2) is 20.7 Å². The van der Waals surface area contributed by atoms with Gasteiger partial charge in [0.25, 0.3) is 0 Å². The molecule has 31 heavy (non-hydrogen) atoms. The van der Waals surface area contributed by atoms with E-state index in [9.17, 15) is 4.79 Å². The van der Waals surface area contributed by atoms with Crippen LogP contribution in [0.15, 0.2) is 97.1 Å². The Kier molecular flexibility index (Phi) is 4.69. The third-order valence-corrected chi connectivity index (χ3v) is 5.09. The lowest BCUT2D eigenvalue weighted by molar-refractivity contribution is 0.103. The van der Waals surface area contributed by atoms with Gasteiger partial charge in [-0.2, -0.15) is 0 Å². The van der Waals surface area contributed by atoms with Crippen LogP contribution >= 0.6 is 0 Å². The van der Waals surface area contributed by atoms with Crippen molar-refractivity contribution in [1.82, 2.24) is 15.0 Å². The van der Waals surface area contributed by atoms with Crippen LogP contribution in [0, 0.1) is 0 Å². The zero-order valence-electron chi connectivity index (χ0n) is 16.6. The number of anilines is 1. The van der Waals surface area contributed by atoms with E-state index in [1.807, 2.05) is 97.1 Å². The number of pyridine rings is 1. The first-order chi connectivity index (χ1) is 15.2. The van der Waals surface area contributed by atoms with E-state index in [-0.39, 0.29) is 11.7 Å². The van der Waals surface area contributed by atoms with Crippen LogP contribution in [0.1, 0.15) is 15.9 Å². The molecular weight excluding hydrogens is 384 g/mol. The molecule has 5 nitrogen and oxygen atoms in total. The minimum absolute atomic E-state index is 0.00569. The van der Waals surface area contributed by atoms with E-state index in [1.165, 1.54) is 0 Å². The maximum Gasteiger partial charge on any atom is 0.221 e. The molecule has 2 heterocycles. The number of fused-ring (bicyclic) bond motifs is 1. The van der Waals surface area contributed by atoms with Gasteiger partial charge in [-0.1, -0.05) is 84.9 Å². The second kappa shape index (κ2) is 7.80. The minimum atomic E-state index is -0.00569. The number of benzene rings is 3. The Labute approximate surface area is 179 Å². The summed E-state index contributed by atoms with van der Waals surface area (Å²) in [5, 5.41) is 0. The molecule has 0 atom stereocenters. The molecule has 5 heteroatoms. The van der Waals surface area contributed by atoms with Gasteiger partial charge in [0.05, 0.1) is 11.2 Å². The molecule has 0 aliphatic heterocycles. The quantitative estimate of drug-likeness (QED) is 0.419. The molecule has 0 radical (unpaired) electrons. The van der Waals surface area contributed by atoms with E-state index in [4.69, 9.17) is 10.7 Å². The second-order valence-corrected chi connectivity index (χ2v) is 7.13. The van der Waals surface area contributed by atoms with E-state index in [2.05, 4.69) is 9.97 Å². The molecule has 5 aromatic rings. The second-order valence-electron chi connectivity index (χ2n) is 7.13. The smallest absolute Gasteiger partial charge is 0.221 e. The van der Waals surface area contributed by atoms with E-state index in [1.54, 1.807) is 0 Å². The molecular formula is C26H18N4O. The summed E-state index contributed by atoms with van der Waals surface area (Å²) in [4.78, 5) is 26.3. The molecule has 3 aromatic carbocycles. The first-order valence-electron chi connectivity index (χ1n) is 9.89. The van der Waals surface area contributed by atoms with Gasteiger partial charge in [0, 0.05) is 22.3 Å². The Balaban J connectivity index is 1.55. The Morgan fingerprint density at radius 2 is 1.26 bits per heavy atom. The van der Waals surface area contributed by atoms with Crippen LogP contribution in [0.2, 0.25) is 0 Å². The molecule has 148 valence electrons. The van der Waals surface area contributed by atoms with Gasteiger partial charge in [0.15, 0.2) is 5.78 Å². The molecule has 0 unspecified atom stereocenters. The summed E-state index contributed by atoms with van der Waals surface area (Å²) in [6, 6.07) is 30.3. The molecule has 2 aromatic heterocycles. The van der Waals surface area contributed by atoms with Gasteiger partial charge in [-0.3, -0.25) is 4.79 Å². The number of nitrogens with zero attached hydrogens (tertiary/aromatic N) is 3. The maximum atomic E-state index is 12.7. The number of carbonyl (C=O) groups is 1. The summed E-state index contributed by atoms with van der Waals surface area (Å²) in [6.07, 6.45) is 0. The fraction of sp³-hybridized carbons (Fsp3) is 0. The first-order valence-corrected chi connectivity index (χ1v) is 9.89. The third kappa shape index (κ3) is 3.65. The van der Waals surface area contributed by atoms with Crippen LogP contribution in [0.4, 0.5) is 5.95 Å². The number of aromatic nitrogens is 3. The Bertz CT molecular complexity index is 1380. The Morgan fingerprint density at radius 1 is 0.613 bits per heavy atom. The number of hydrogen-bond donors (Lipinski definition) is 1. The van der Waals surface area contributed by atoms with Crippen molar-refractivity contribution in [2.75, 3.05) is 5.73 Å².